The van der Waals surface area contributed by atoms with Crippen molar-refractivity contribution in [3.8, 4) is 0 Å². The average molecular weight is 536 g/mol. The quantitative estimate of drug-likeness (QED) is 0.279. The van der Waals surface area contributed by atoms with Gasteiger partial charge in [-0.3, -0.25) is 19.7 Å². The van der Waals surface area contributed by atoms with Gasteiger partial charge in [-0.1, -0.05) is 32.0 Å². The Morgan fingerprint density at radius 3 is 2.28 bits per heavy atom. The third-order valence-corrected chi connectivity index (χ3v) is 7.74. The van der Waals surface area contributed by atoms with Crippen LogP contribution >= 0.6 is 0 Å². The third kappa shape index (κ3) is 6.69. The van der Waals surface area contributed by atoms with Crippen molar-refractivity contribution >= 4 is 28.9 Å². The molecular formula is C30H41N5O4. The van der Waals surface area contributed by atoms with Crippen LogP contribution in [0.25, 0.3) is 0 Å². The number of para-hydroxylation sites is 1. The zero-order valence-electron chi connectivity index (χ0n) is 23.4. The van der Waals surface area contributed by atoms with E-state index in [1.54, 1.807) is 0 Å². The number of aryl methyl sites for hydroxylation is 1. The Bertz CT molecular complexity index is 1190. The van der Waals surface area contributed by atoms with Crippen LogP contribution in [-0.4, -0.2) is 67.5 Å². The van der Waals surface area contributed by atoms with E-state index in [0.29, 0.717) is 50.3 Å². The molecule has 0 atom stereocenters. The van der Waals surface area contributed by atoms with Gasteiger partial charge in [-0.15, -0.1) is 0 Å². The van der Waals surface area contributed by atoms with Gasteiger partial charge in [0.25, 0.3) is 11.6 Å². The highest BCUT2D eigenvalue weighted by molar-refractivity contribution is 5.98. The number of piperazine rings is 1. The number of amides is 2. The molecule has 5 rings (SSSR count). The van der Waals surface area contributed by atoms with Gasteiger partial charge in [0.05, 0.1) is 4.92 Å². The number of carbonyl (C=O) groups excluding carboxylic acids is 2. The van der Waals surface area contributed by atoms with Crippen molar-refractivity contribution in [1.82, 2.24) is 10.2 Å². The van der Waals surface area contributed by atoms with E-state index in [-0.39, 0.29) is 28.3 Å². The second kappa shape index (κ2) is 13.0. The minimum Gasteiger partial charge on any atom is -0.368 e. The number of nitrogens with zero attached hydrogens (tertiary/aromatic N) is 4. The summed E-state index contributed by atoms with van der Waals surface area (Å²) >= 11 is 0. The summed E-state index contributed by atoms with van der Waals surface area (Å²) in [6.45, 7) is 10.9. The summed E-state index contributed by atoms with van der Waals surface area (Å²) in [5, 5.41) is 15.0. The molecule has 2 saturated heterocycles. The van der Waals surface area contributed by atoms with Crippen molar-refractivity contribution in [1.29, 1.82) is 0 Å². The summed E-state index contributed by atoms with van der Waals surface area (Å²) in [5.74, 6) is 0.178. The number of carbonyl (C=O) groups is 2. The number of hydrogen-bond acceptors (Lipinski definition) is 6. The Morgan fingerprint density at radius 2 is 1.69 bits per heavy atom. The zero-order chi connectivity index (χ0) is 27.9. The van der Waals surface area contributed by atoms with E-state index in [2.05, 4.69) is 34.2 Å². The van der Waals surface area contributed by atoms with Crippen molar-refractivity contribution in [2.24, 2.45) is 0 Å². The molecule has 1 saturated carbocycles. The fourth-order valence-corrected chi connectivity index (χ4v) is 5.54. The molecule has 0 unspecified atom stereocenters. The van der Waals surface area contributed by atoms with Crippen molar-refractivity contribution in [2.45, 2.75) is 58.8 Å². The number of nitro benzene ring substituents is 1. The summed E-state index contributed by atoms with van der Waals surface area (Å²) in [6.07, 6.45) is 4.16. The smallest absolute Gasteiger partial charge is 0.293 e. The fourth-order valence-electron chi connectivity index (χ4n) is 5.54. The lowest BCUT2D eigenvalue weighted by molar-refractivity contribution is -0.384. The van der Waals surface area contributed by atoms with Crippen LogP contribution in [0.5, 0.6) is 0 Å². The third-order valence-electron chi connectivity index (χ3n) is 7.74. The van der Waals surface area contributed by atoms with Crippen LogP contribution in [0.3, 0.4) is 0 Å². The Kier molecular flexibility index (Phi) is 9.43. The lowest BCUT2D eigenvalue weighted by Crippen LogP contribution is -2.47. The summed E-state index contributed by atoms with van der Waals surface area (Å²) in [6, 6.07) is 11.7. The molecule has 9 heteroatoms. The van der Waals surface area contributed by atoms with Crippen molar-refractivity contribution in [2.75, 3.05) is 55.6 Å². The lowest BCUT2D eigenvalue weighted by Gasteiger charge is -2.38. The van der Waals surface area contributed by atoms with Crippen molar-refractivity contribution < 1.29 is 14.5 Å². The normalized spacial score (nSPS) is 17.1. The standard InChI is InChI=1S/C28H35N5O4.C2H6/c1-20-6-2-3-7-24(20)30-14-16-31(17-15-30)25-18-22(21-9-10-21)23(19-26(25)33(36)37)28(35)29-11-5-13-32-12-4-8-27(32)34;1-2/h2-3,6-7,18-19,21H,4-5,8-17H2,1H3,(H,29,35);1-2H3. The minimum absolute atomic E-state index is 0.0124. The average Bonchev–Trinajstić information content (AvgIpc) is 3.73. The van der Waals surface area contributed by atoms with Gasteiger partial charge >= 0.3 is 0 Å². The van der Waals surface area contributed by atoms with E-state index in [1.165, 1.54) is 17.3 Å². The second-order valence-electron chi connectivity index (χ2n) is 10.3. The molecule has 2 aromatic carbocycles. The first kappa shape index (κ1) is 28.4. The molecule has 210 valence electrons. The van der Waals surface area contributed by atoms with Gasteiger partial charge in [-0.05, 0) is 61.8 Å². The van der Waals surface area contributed by atoms with E-state index in [9.17, 15) is 19.7 Å². The maximum atomic E-state index is 13.1. The molecule has 2 amide bonds. The number of likely N-dealkylation sites (tertiary alicyclic amines) is 1. The van der Waals surface area contributed by atoms with Gasteiger partial charge in [-0.2, -0.15) is 0 Å². The summed E-state index contributed by atoms with van der Waals surface area (Å²) < 4.78 is 0. The summed E-state index contributed by atoms with van der Waals surface area (Å²) in [5.41, 5.74) is 4.35. The van der Waals surface area contributed by atoms with Crippen LogP contribution in [0.2, 0.25) is 0 Å². The van der Waals surface area contributed by atoms with Gasteiger partial charge in [0.1, 0.15) is 5.69 Å². The Labute approximate surface area is 231 Å². The molecule has 2 aromatic rings. The molecule has 0 aromatic heterocycles. The van der Waals surface area contributed by atoms with Gasteiger partial charge < -0.3 is 20.0 Å². The molecule has 3 fully saturated rings. The minimum atomic E-state index is -0.366. The Hall–Kier alpha value is -3.62. The largest absolute Gasteiger partial charge is 0.368 e. The van der Waals surface area contributed by atoms with Gasteiger partial charge in [-0.25, -0.2) is 0 Å². The highest BCUT2D eigenvalue weighted by Gasteiger charge is 2.33. The maximum Gasteiger partial charge on any atom is 0.293 e. The highest BCUT2D eigenvalue weighted by atomic mass is 16.6. The molecular weight excluding hydrogens is 494 g/mol. The molecule has 2 heterocycles. The van der Waals surface area contributed by atoms with Crippen LogP contribution in [0.1, 0.15) is 73.4 Å². The monoisotopic (exact) mass is 535 g/mol. The molecule has 3 aliphatic rings. The van der Waals surface area contributed by atoms with Gasteiger partial charge in [0.2, 0.25) is 5.91 Å². The Morgan fingerprint density at radius 1 is 1.03 bits per heavy atom. The first-order valence-corrected chi connectivity index (χ1v) is 14.4. The first-order chi connectivity index (χ1) is 18.9. The van der Waals surface area contributed by atoms with Crippen molar-refractivity contribution in [3.05, 3.63) is 63.2 Å². The molecule has 9 nitrogen and oxygen atoms in total. The number of rotatable bonds is 9. The summed E-state index contributed by atoms with van der Waals surface area (Å²) in [4.78, 5) is 42.9. The van der Waals surface area contributed by atoms with Crippen LogP contribution in [0.15, 0.2) is 36.4 Å². The van der Waals surface area contributed by atoms with E-state index in [1.807, 2.05) is 36.9 Å². The molecule has 1 N–H and O–H groups in total. The fraction of sp³-hybridized carbons (Fsp3) is 0.533. The molecule has 1 aliphatic carbocycles. The highest BCUT2D eigenvalue weighted by Crippen LogP contribution is 2.45. The van der Waals surface area contributed by atoms with Gasteiger partial charge in [0, 0.05) is 69.6 Å². The maximum absolute atomic E-state index is 13.1. The second-order valence-corrected chi connectivity index (χ2v) is 10.3. The molecule has 0 radical (unpaired) electrons. The predicted octanol–water partition coefficient (Wildman–Crippen LogP) is 4.88. The van der Waals surface area contributed by atoms with Crippen LogP contribution in [0, 0.1) is 17.0 Å². The lowest BCUT2D eigenvalue weighted by atomic mass is 9.99. The van der Waals surface area contributed by atoms with Crippen LogP contribution in [0.4, 0.5) is 17.1 Å². The van der Waals surface area contributed by atoms with E-state index < -0.39 is 0 Å². The first-order valence-electron chi connectivity index (χ1n) is 14.4. The van der Waals surface area contributed by atoms with E-state index >= 15 is 0 Å². The topological polar surface area (TPSA) is 99.0 Å². The van der Waals surface area contributed by atoms with Gasteiger partial charge in [0.15, 0.2) is 0 Å². The van der Waals surface area contributed by atoms with E-state index in [0.717, 1.165) is 44.5 Å². The van der Waals surface area contributed by atoms with E-state index in [4.69, 9.17) is 0 Å². The molecule has 39 heavy (non-hydrogen) atoms. The predicted molar refractivity (Wildman–Crippen MR) is 155 cm³/mol. The molecule has 0 bridgehead atoms. The van der Waals surface area contributed by atoms with Crippen molar-refractivity contribution in [3.63, 3.8) is 0 Å². The Balaban J connectivity index is 0.00000172. The number of hydrogen-bond donors (Lipinski definition) is 1. The number of nitrogens with one attached hydrogen (secondary N) is 1. The zero-order valence-corrected chi connectivity index (χ0v) is 23.4. The van der Waals surface area contributed by atoms with Crippen LogP contribution in [-0.2, 0) is 4.79 Å². The van der Waals surface area contributed by atoms with Crippen LogP contribution < -0.4 is 15.1 Å². The number of benzene rings is 2. The summed E-state index contributed by atoms with van der Waals surface area (Å²) in [7, 11) is 0. The molecule has 2 aliphatic heterocycles. The number of nitro groups is 1. The number of anilines is 2. The SMILES string of the molecule is CC.Cc1ccccc1N1CCN(c2cc(C3CC3)c(C(=O)NCCCN3CCCC3=O)cc2[N+](=O)[O-])CC1. The molecule has 0 spiro atoms.